The molecule has 0 bridgehead atoms. The van der Waals surface area contributed by atoms with Crippen molar-refractivity contribution in [3.05, 3.63) is 0 Å². The average molecular weight is 300 g/mol. The first kappa shape index (κ1) is 16.7. The van der Waals surface area contributed by atoms with Crippen molar-refractivity contribution >= 4 is 23.8 Å². The number of carboxylic acid groups (broad SMARTS) is 1. The SMILES string of the molecule is CC(C)C(NC(N)=O)C(=O)N1CCNC(=O)C1CC(=O)O. The van der Waals surface area contributed by atoms with Gasteiger partial charge in [0, 0.05) is 13.1 Å². The molecule has 0 aromatic carbocycles. The first-order valence-electron chi connectivity index (χ1n) is 6.60. The van der Waals surface area contributed by atoms with Crippen LogP contribution in [-0.2, 0) is 14.4 Å². The van der Waals surface area contributed by atoms with Crippen LogP contribution in [0.4, 0.5) is 4.79 Å². The van der Waals surface area contributed by atoms with Crippen LogP contribution in [0.25, 0.3) is 0 Å². The molecule has 118 valence electrons. The van der Waals surface area contributed by atoms with Gasteiger partial charge in [0.05, 0.1) is 6.42 Å². The molecule has 0 aromatic rings. The van der Waals surface area contributed by atoms with Crippen LogP contribution in [-0.4, -0.2) is 59.0 Å². The number of carboxylic acids is 1. The second kappa shape index (κ2) is 6.91. The van der Waals surface area contributed by atoms with E-state index in [1.54, 1.807) is 13.8 Å². The zero-order chi connectivity index (χ0) is 16.2. The summed E-state index contributed by atoms with van der Waals surface area (Å²) < 4.78 is 0. The molecule has 9 heteroatoms. The lowest BCUT2D eigenvalue weighted by Gasteiger charge is -2.37. The molecule has 21 heavy (non-hydrogen) atoms. The Morgan fingerprint density at radius 1 is 1.48 bits per heavy atom. The van der Waals surface area contributed by atoms with Crippen molar-refractivity contribution in [3.63, 3.8) is 0 Å². The molecule has 1 rings (SSSR count). The second-order valence-electron chi connectivity index (χ2n) is 5.17. The fourth-order valence-corrected chi connectivity index (χ4v) is 2.19. The molecule has 1 fully saturated rings. The van der Waals surface area contributed by atoms with E-state index in [1.165, 1.54) is 4.90 Å². The molecule has 4 amide bonds. The highest BCUT2D eigenvalue weighted by Crippen LogP contribution is 2.14. The number of aliphatic carboxylic acids is 1. The standard InChI is InChI=1S/C12H20N4O5/c1-6(2)9(15-12(13)21)11(20)16-4-3-14-10(19)7(16)5-8(17)18/h6-7,9H,3-5H2,1-2H3,(H,14,19)(H,17,18)(H3,13,15,21). The van der Waals surface area contributed by atoms with Crippen LogP contribution < -0.4 is 16.4 Å². The Labute approximate surface area is 121 Å². The largest absolute Gasteiger partial charge is 0.481 e. The number of carbonyl (C=O) groups excluding carboxylic acids is 3. The predicted molar refractivity (Wildman–Crippen MR) is 72.1 cm³/mol. The number of piperazine rings is 1. The average Bonchev–Trinajstić information content (AvgIpc) is 2.36. The van der Waals surface area contributed by atoms with E-state index < -0.39 is 42.3 Å². The van der Waals surface area contributed by atoms with Crippen LogP contribution in [0.15, 0.2) is 0 Å². The van der Waals surface area contributed by atoms with Gasteiger partial charge in [0.25, 0.3) is 0 Å². The third-order valence-electron chi connectivity index (χ3n) is 3.21. The van der Waals surface area contributed by atoms with E-state index in [9.17, 15) is 19.2 Å². The molecule has 5 N–H and O–H groups in total. The molecular formula is C12H20N4O5. The molecule has 0 aliphatic carbocycles. The highest BCUT2D eigenvalue weighted by Gasteiger charge is 2.38. The highest BCUT2D eigenvalue weighted by atomic mass is 16.4. The minimum absolute atomic E-state index is 0.187. The van der Waals surface area contributed by atoms with E-state index >= 15 is 0 Å². The van der Waals surface area contributed by atoms with Gasteiger partial charge < -0.3 is 26.4 Å². The third-order valence-corrected chi connectivity index (χ3v) is 3.21. The van der Waals surface area contributed by atoms with Crippen molar-refractivity contribution in [1.29, 1.82) is 0 Å². The van der Waals surface area contributed by atoms with Crippen molar-refractivity contribution < 1.29 is 24.3 Å². The molecule has 2 atom stereocenters. The van der Waals surface area contributed by atoms with E-state index in [4.69, 9.17) is 10.8 Å². The normalized spacial score (nSPS) is 19.9. The molecular weight excluding hydrogens is 280 g/mol. The first-order chi connectivity index (χ1) is 9.73. The summed E-state index contributed by atoms with van der Waals surface area (Å²) in [6, 6.07) is -2.83. The molecule has 1 aliphatic heterocycles. The van der Waals surface area contributed by atoms with Crippen molar-refractivity contribution in [2.45, 2.75) is 32.4 Å². The maximum absolute atomic E-state index is 12.5. The molecule has 9 nitrogen and oxygen atoms in total. The van der Waals surface area contributed by atoms with Crippen LogP contribution >= 0.6 is 0 Å². The van der Waals surface area contributed by atoms with Gasteiger partial charge in [-0.3, -0.25) is 14.4 Å². The van der Waals surface area contributed by atoms with Gasteiger partial charge in [0.1, 0.15) is 12.1 Å². The number of hydrogen-bond donors (Lipinski definition) is 4. The minimum atomic E-state index is -1.18. The molecule has 0 saturated carbocycles. The smallest absolute Gasteiger partial charge is 0.312 e. The Morgan fingerprint density at radius 3 is 2.57 bits per heavy atom. The van der Waals surface area contributed by atoms with Gasteiger partial charge in [0.15, 0.2) is 0 Å². The van der Waals surface area contributed by atoms with Crippen LogP contribution in [0.5, 0.6) is 0 Å². The van der Waals surface area contributed by atoms with Gasteiger partial charge >= 0.3 is 12.0 Å². The minimum Gasteiger partial charge on any atom is -0.481 e. The maximum Gasteiger partial charge on any atom is 0.312 e. The number of primary amides is 1. The fourth-order valence-electron chi connectivity index (χ4n) is 2.19. The number of rotatable bonds is 5. The lowest BCUT2D eigenvalue weighted by atomic mass is 10.00. The van der Waals surface area contributed by atoms with Gasteiger partial charge in [-0.05, 0) is 5.92 Å². The van der Waals surface area contributed by atoms with Gasteiger partial charge in [-0.15, -0.1) is 0 Å². The Bertz CT molecular complexity index is 451. The zero-order valence-electron chi connectivity index (χ0n) is 12.0. The summed E-state index contributed by atoms with van der Waals surface area (Å²) >= 11 is 0. The van der Waals surface area contributed by atoms with Gasteiger partial charge in [-0.2, -0.15) is 0 Å². The van der Waals surface area contributed by atoms with Crippen molar-refractivity contribution in [3.8, 4) is 0 Å². The van der Waals surface area contributed by atoms with Crippen molar-refractivity contribution in [2.24, 2.45) is 11.7 Å². The summed E-state index contributed by atoms with van der Waals surface area (Å²) in [6.07, 6.45) is -0.487. The topological polar surface area (TPSA) is 142 Å². The van der Waals surface area contributed by atoms with E-state index in [0.717, 1.165) is 0 Å². The summed E-state index contributed by atoms with van der Waals surface area (Å²) in [5, 5.41) is 13.7. The van der Waals surface area contributed by atoms with Crippen molar-refractivity contribution in [2.75, 3.05) is 13.1 Å². The number of urea groups is 1. The zero-order valence-corrected chi connectivity index (χ0v) is 12.0. The third kappa shape index (κ3) is 4.33. The molecule has 1 aliphatic rings. The van der Waals surface area contributed by atoms with Crippen LogP contribution in [0, 0.1) is 5.92 Å². The molecule has 0 spiro atoms. The highest BCUT2D eigenvalue weighted by molar-refractivity contribution is 5.94. The van der Waals surface area contributed by atoms with Gasteiger partial charge in [-0.1, -0.05) is 13.8 Å². The molecule has 1 saturated heterocycles. The lowest BCUT2D eigenvalue weighted by Crippen LogP contribution is -2.62. The number of amides is 4. The van der Waals surface area contributed by atoms with Crippen molar-refractivity contribution in [1.82, 2.24) is 15.5 Å². The van der Waals surface area contributed by atoms with Gasteiger partial charge in [-0.25, -0.2) is 4.79 Å². The summed E-state index contributed by atoms with van der Waals surface area (Å²) in [6.45, 7) is 3.86. The number of nitrogens with zero attached hydrogens (tertiary/aromatic N) is 1. The number of nitrogens with two attached hydrogens (primary N) is 1. The lowest BCUT2D eigenvalue weighted by molar-refractivity contribution is -0.150. The Morgan fingerprint density at radius 2 is 2.10 bits per heavy atom. The van der Waals surface area contributed by atoms with E-state index in [0.29, 0.717) is 0 Å². The van der Waals surface area contributed by atoms with Crippen LogP contribution in [0.3, 0.4) is 0 Å². The predicted octanol–water partition coefficient (Wildman–Crippen LogP) is -1.52. The monoisotopic (exact) mass is 300 g/mol. The quantitative estimate of drug-likeness (QED) is 0.488. The summed E-state index contributed by atoms with van der Waals surface area (Å²) in [5.41, 5.74) is 5.05. The first-order valence-corrected chi connectivity index (χ1v) is 6.60. The van der Waals surface area contributed by atoms with E-state index in [1.807, 2.05) is 0 Å². The number of nitrogens with one attached hydrogen (secondary N) is 2. The summed E-state index contributed by atoms with van der Waals surface area (Å²) in [7, 11) is 0. The molecule has 2 unspecified atom stereocenters. The number of carbonyl (C=O) groups is 4. The summed E-state index contributed by atoms with van der Waals surface area (Å²) in [5.74, 6) is -2.46. The molecule has 1 heterocycles. The Hall–Kier alpha value is -2.32. The van der Waals surface area contributed by atoms with Crippen LogP contribution in [0.2, 0.25) is 0 Å². The number of hydrogen-bond acceptors (Lipinski definition) is 4. The van der Waals surface area contributed by atoms with Gasteiger partial charge in [0.2, 0.25) is 11.8 Å². The van der Waals surface area contributed by atoms with E-state index in [-0.39, 0.29) is 19.0 Å². The van der Waals surface area contributed by atoms with E-state index in [2.05, 4.69) is 10.6 Å². The fraction of sp³-hybridized carbons (Fsp3) is 0.667. The summed E-state index contributed by atoms with van der Waals surface area (Å²) in [4.78, 5) is 47.3. The maximum atomic E-state index is 12.5. The second-order valence-corrected chi connectivity index (χ2v) is 5.17. The Kier molecular flexibility index (Phi) is 5.51. The van der Waals surface area contributed by atoms with Crippen LogP contribution in [0.1, 0.15) is 20.3 Å². The molecule has 0 radical (unpaired) electrons. The Balaban J connectivity index is 2.96. The molecule has 0 aromatic heterocycles.